The van der Waals surface area contributed by atoms with Crippen molar-refractivity contribution in [1.82, 2.24) is 10.2 Å². The number of hydrogen-bond acceptors (Lipinski definition) is 4. The Morgan fingerprint density at radius 3 is 2.18 bits per heavy atom. The van der Waals surface area contributed by atoms with E-state index in [9.17, 15) is 9.59 Å². The molecule has 0 unspecified atom stereocenters. The van der Waals surface area contributed by atoms with Crippen LogP contribution in [0.1, 0.15) is 36.3 Å². The van der Waals surface area contributed by atoms with E-state index in [1.54, 1.807) is 0 Å². The standard InChI is InChI=1S/C22H24N2O4/c25-21(26)13-20(24-11-5-6-12-24)23-22(27)28-14-19-17-9-3-1-7-15(17)16-8-2-4-10-18(16)19/h1-4,7-10,19-20H,5-6,11-14H2,(H,23,27)(H,25,26)/t20-/m0/s1. The van der Waals surface area contributed by atoms with Crippen LogP contribution in [0.2, 0.25) is 0 Å². The van der Waals surface area contributed by atoms with E-state index in [0.717, 1.165) is 37.1 Å². The van der Waals surface area contributed by atoms with E-state index >= 15 is 0 Å². The Bertz CT molecular complexity index is 831. The molecule has 2 aromatic carbocycles. The summed E-state index contributed by atoms with van der Waals surface area (Å²) in [4.78, 5) is 25.6. The molecule has 0 aromatic heterocycles. The van der Waals surface area contributed by atoms with Crippen molar-refractivity contribution >= 4 is 12.1 Å². The van der Waals surface area contributed by atoms with Crippen LogP contribution in [0.15, 0.2) is 48.5 Å². The van der Waals surface area contributed by atoms with Gasteiger partial charge in [0.25, 0.3) is 0 Å². The average Bonchev–Trinajstić information content (AvgIpc) is 3.32. The number of rotatable bonds is 6. The number of amides is 1. The highest BCUT2D eigenvalue weighted by molar-refractivity contribution is 5.79. The largest absolute Gasteiger partial charge is 0.481 e. The van der Waals surface area contributed by atoms with Crippen molar-refractivity contribution < 1.29 is 19.4 Å². The number of carboxylic acid groups (broad SMARTS) is 1. The van der Waals surface area contributed by atoms with Crippen molar-refractivity contribution in [2.45, 2.75) is 31.3 Å². The first-order chi connectivity index (χ1) is 13.6. The second-order valence-electron chi connectivity index (χ2n) is 7.33. The van der Waals surface area contributed by atoms with Gasteiger partial charge in [-0.2, -0.15) is 0 Å². The van der Waals surface area contributed by atoms with Crippen molar-refractivity contribution in [3.05, 3.63) is 59.7 Å². The van der Waals surface area contributed by atoms with Crippen molar-refractivity contribution in [3.8, 4) is 11.1 Å². The number of nitrogens with zero attached hydrogens (tertiary/aromatic N) is 1. The van der Waals surface area contributed by atoms with Gasteiger partial charge in [-0.15, -0.1) is 0 Å². The second kappa shape index (κ2) is 8.02. The number of fused-ring (bicyclic) bond motifs is 3. The molecule has 1 heterocycles. The van der Waals surface area contributed by atoms with Crippen LogP contribution in [0.25, 0.3) is 11.1 Å². The van der Waals surface area contributed by atoms with Crippen LogP contribution in [0.4, 0.5) is 4.79 Å². The fourth-order valence-electron chi connectivity index (χ4n) is 4.27. The van der Waals surface area contributed by atoms with Crippen LogP contribution >= 0.6 is 0 Å². The number of ether oxygens (including phenoxy) is 1. The minimum absolute atomic E-state index is 0.0112. The molecule has 0 spiro atoms. The fourth-order valence-corrected chi connectivity index (χ4v) is 4.27. The monoisotopic (exact) mass is 380 g/mol. The minimum Gasteiger partial charge on any atom is -0.481 e. The maximum atomic E-state index is 12.4. The quantitative estimate of drug-likeness (QED) is 0.803. The number of aliphatic carboxylic acids is 1. The van der Waals surface area contributed by atoms with Crippen LogP contribution in [0, 0.1) is 0 Å². The second-order valence-corrected chi connectivity index (χ2v) is 7.33. The lowest BCUT2D eigenvalue weighted by atomic mass is 9.98. The number of likely N-dealkylation sites (tertiary alicyclic amines) is 1. The van der Waals surface area contributed by atoms with Crippen LogP contribution in [-0.2, 0) is 9.53 Å². The first-order valence-electron chi connectivity index (χ1n) is 9.71. The molecule has 2 aromatic rings. The van der Waals surface area contributed by atoms with E-state index < -0.39 is 18.2 Å². The number of carboxylic acids is 1. The zero-order valence-corrected chi connectivity index (χ0v) is 15.6. The summed E-state index contributed by atoms with van der Waals surface area (Å²) in [5.41, 5.74) is 4.65. The summed E-state index contributed by atoms with van der Waals surface area (Å²) >= 11 is 0. The van der Waals surface area contributed by atoms with E-state index in [1.165, 1.54) is 11.1 Å². The van der Waals surface area contributed by atoms with Gasteiger partial charge in [-0.05, 0) is 35.1 Å². The molecule has 0 radical (unpaired) electrons. The minimum atomic E-state index is -0.934. The molecule has 6 heteroatoms. The van der Waals surface area contributed by atoms with Gasteiger partial charge in [0.2, 0.25) is 0 Å². The Kier molecular flexibility index (Phi) is 5.30. The van der Waals surface area contributed by atoms with Gasteiger partial charge in [0.15, 0.2) is 0 Å². The van der Waals surface area contributed by atoms with Crippen molar-refractivity contribution in [3.63, 3.8) is 0 Å². The summed E-state index contributed by atoms with van der Waals surface area (Å²) in [5.74, 6) is -0.946. The maximum Gasteiger partial charge on any atom is 0.408 e. The molecule has 28 heavy (non-hydrogen) atoms. The van der Waals surface area contributed by atoms with Gasteiger partial charge < -0.3 is 15.2 Å². The molecule has 6 nitrogen and oxygen atoms in total. The Morgan fingerprint density at radius 2 is 1.61 bits per heavy atom. The number of carbonyl (C=O) groups excluding carboxylic acids is 1. The summed E-state index contributed by atoms with van der Waals surface area (Å²) < 4.78 is 5.54. The smallest absolute Gasteiger partial charge is 0.408 e. The predicted octanol–water partition coefficient (Wildman–Crippen LogP) is 3.42. The molecule has 0 saturated carbocycles. The highest BCUT2D eigenvalue weighted by atomic mass is 16.5. The average molecular weight is 380 g/mol. The molecule has 1 amide bonds. The van der Waals surface area contributed by atoms with Crippen LogP contribution in [0.3, 0.4) is 0 Å². The first kappa shape index (κ1) is 18.5. The molecule has 1 saturated heterocycles. The predicted molar refractivity (Wildman–Crippen MR) is 105 cm³/mol. The summed E-state index contributed by atoms with van der Waals surface area (Å²) in [6.07, 6.45) is 0.797. The van der Waals surface area contributed by atoms with Crippen LogP contribution in [-0.4, -0.2) is 47.9 Å². The molecule has 2 N–H and O–H groups in total. The van der Waals surface area contributed by atoms with Gasteiger partial charge in [0.05, 0.1) is 12.6 Å². The van der Waals surface area contributed by atoms with Crippen LogP contribution < -0.4 is 5.32 Å². The normalized spacial score (nSPS) is 17.0. The van der Waals surface area contributed by atoms with E-state index in [0.29, 0.717) is 0 Å². The zero-order valence-electron chi connectivity index (χ0n) is 15.6. The molecule has 0 bridgehead atoms. The lowest BCUT2D eigenvalue weighted by Crippen LogP contribution is -2.48. The van der Waals surface area contributed by atoms with Crippen molar-refractivity contribution in [2.24, 2.45) is 0 Å². The summed E-state index contributed by atoms with van der Waals surface area (Å²) in [5, 5.41) is 11.9. The van der Waals surface area contributed by atoms with Gasteiger partial charge in [0.1, 0.15) is 6.61 Å². The molecular weight excluding hydrogens is 356 g/mol. The zero-order chi connectivity index (χ0) is 19.5. The number of hydrogen-bond donors (Lipinski definition) is 2. The molecule has 4 rings (SSSR count). The lowest BCUT2D eigenvalue weighted by Gasteiger charge is -2.27. The molecule has 1 fully saturated rings. The van der Waals surface area contributed by atoms with E-state index in [2.05, 4.69) is 29.6 Å². The van der Waals surface area contributed by atoms with Gasteiger partial charge >= 0.3 is 12.1 Å². The lowest BCUT2D eigenvalue weighted by molar-refractivity contribution is -0.138. The van der Waals surface area contributed by atoms with Crippen LogP contribution in [0.5, 0.6) is 0 Å². The molecular formula is C22H24N2O4. The number of alkyl carbamates (subject to hydrolysis) is 1. The molecule has 146 valence electrons. The Balaban J connectivity index is 1.44. The first-order valence-corrected chi connectivity index (χ1v) is 9.71. The van der Waals surface area contributed by atoms with Gasteiger partial charge in [-0.1, -0.05) is 48.5 Å². The van der Waals surface area contributed by atoms with Crippen molar-refractivity contribution in [2.75, 3.05) is 19.7 Å². The van der Waals surface area contributed by atoms with E-state index in [4.69, 9.17) is 9.84 Å². The molecule has 1 aliphatic heterocycles. The van der Waals surface area contributed by atoms with Gasteiger partial charge in [-0.3, -0.25) is 9.69 Å². The highest BCUT2D eigenvalue weighted by Crippen LogP contribution is 2.44. The maximum absolute atomic E-state index is 12.4. The third kappa shape index (κ3) is 3.73. The van der Waals surface area contributed by atoms with E-state index in [1.807, 2.05) is 29.2 Å². The SMILES string of the molecule is O=C(O)C[C@@H](NC(=O)OCC1c2ccccc2-c2ccccc21)N1CCCC1. The molecule has 2 aliphatic rings. The number of nitrogens with one attached hydrogen (secondary N) is 1. The highest BCUT2D eigenvalue weighted by Gasteiger charge is 2.30. The third-order valence-electron chi connectivity index (χ3n) is 5.58. The fraction of sp³-hybridized carbons (Fsp3) is 0.364. The topological polar surface area (TPSA) is 78.9 Å². The Morgan fingerprint density at radius 1 is 1.04 bits per heavy atom. The number of carbonyl (C=O) groups is 2. The molecule has 1 aliphatic carbocycles. The number of benzene rings is 2. The van der Waals surface area contributed by atoms with Gasteiger partial charge in [0, 0.05) is 19.0 Å². The van der Waals surface area contributed by atoms with Crippen molar-refractivity contribution in [1.29, 1.82) is 0 Å². The summed E-state index contributed by atoms with van der Waals surface area (Å²) in [7, 11) is 0. The van der Waals surface area contributed by atoms with Gasteiger partial charge in [-0.25, -0.2) is 4.79 Å². The Hall–Kier alpha value is -2.86. The third-order valence-corrected chi connectivity index (χ3v) is 5.58. The Labute approximate surface area is 164 Å². The summed E-state index contributed by atoms with van der Waals surface area (Å²) in [6.45, 7) is 1.81. The molecule has 1 atom stereocenters. The summed E-state index contributed by atoms with van der Waals surface area (Å²) in [6, 6.07) is 16.3. The van der Waals surface area contributed by atoms with E-state index in [-0.39, 0.29) is 18.9 Å².